The zero-order chi connectivity index (χ0) is 21.7. The molecule has 0 saturated heterocycles. The summed E-state index contributed by atoms with van der Waals surface area (Å²) in [5.74, 6) is -0.449. The normalized spacial score (nSPS) is 11.7. The highest BCUT2D eigenvalue weighted by Crippen LogP contribution is 2.16. The van der Waals surface area contributed by atoms with Gasteiger partial charge in [-0.1, -0.05) is 36.5 Å². The summed E-state index contributed by atoms with van der Waals surface area (Å²) >= 11 is 5.61. The highest BCUT2D eigenvalue weighted by atomic mass is 32.1. The van der Waals surface area contributed by atoms with Crippen LogP contribution in [0.25, 0.3) is 0 Å². The third-order valence-electron chi connectivity index (χ3n) is 5.03. The Balaban J connectivity index is 1.91. The number of aliphatic hydroxyl groups is 1. The molecule has 6 heteroatoms. The molecule has 0 aliphatic heterocycles. The Morgan fingerprint density at radius 2 is 1.83 bits per heavy atom. The zero-order valence-corrected chi connectivity index (χ0v) is 17.7. The average molecular weight is 424 g/mol. The van der Waals surface area contributed by atoms with Gasteiger partial charge in [-0.15, -0.1) is 0 Å². The number of ketones is 1. The quantitative estimate of drug-likeness (QED) is 0.345. The van der Waals surface area contributed by atoms with Gasteiger partial charge in [0.05, 0.1) is 6.61 Å². The van der Waals surface area contributed by atoms with Gasteiger partial charge in [0.15, 0.2) is 17.4 Å². The number of nitrogens with zero attached hydrogens (tertiary/aromatic N) is 1. The minimum atomic E-state index is -0.769. The van der Waals surface area contributed by atoms with Crippen molar-refractivity contribution in [1.29, 1.82) is 0 Å². The number of benzene rings is 2. The van der Waals surface area contributed by atoms with Crippen molar-refractivity contribution in [3.63, 3.8) is 0 Å². The lowest BCUT2D eigenvalue weighted by molar-refractivity contribution is -0.692. The number of halogens is 1. The van der Waals surface area contributed by atoms with Crippen LogP contribution in [-0.2, 0) is 13.2 Å². The number of carbonyl (C=O) groups is 1. The van der Waals surface area contributed by atoms with Gasteiger partial charge in [0.2, 0.25) is 5.78 Å². The lowest BCUT2D eigenvalue weighted by Crippen LogP contribution is -2.51. The summed E-state index contributed by atoms with van der Waals surface area (Å²) in [6.45, 7) is 4.19. The lowest BCUT2D eigenvalue weighted by Gasteiger charge is -2.16. The van der Waals surface area contributed by atoms with E-state index >= 15 is 0 Å². The minimum Gasteiger partial charge on any atom is -0.391 e. The molecule has 1 heterocycles. The van der Waals surface area contributed by atoms with Crippen molar-refractivity contribution in [2.24, 2.45) is 0 Å². The second-order valence-electron chi connectivity index (χ2n) is 7.23. The third kappa shape index (κ3) is 5.14. The highest BCUT2D eigenvalue weighted by molar-refractivity contribution is 7.80. The van der Waals surface area contributed by atoms with E-state index in [1.807, 2.05) is 26.0 Å². The van der Waals surface area contributed by atoms with Gasteiger partial charge < -0.3 is 10.4 Å². The van der Waals surface area contributed by atoms with Crippen LogP contribution in [0.4, 0.5) is 4.39 Å². The molecule has 0 aliphatic carbocycles. The summed E-state index contributed by atoms with van der Waals surface area (Å²) in [6, 6.07) is 14.5. The van der Waals surface area contributed by atoms with E-state index in [4.69, 9.17) is 12.2 Å². The van der Waals surface area contributed by atoms with Crippen LogP contribution in [0.15, 0.2) is 67.0 Å². The molecule has 0 bridgehead atoms. The first-order valence-electron chi connectivity index (χ1n) is 9.63. The monoisotopic (exact) mass is 423 g/mol. The van der Waals surface area contributed by atoms with Crippen LogP contribution in [0.1, 0.15) is 38.7 Å². The molecule has 1 atom stereocenters. The fourth-order valence-electron chi connectivity index (χ4n) is 3.13. The Morgan fingerprint density at radius 3 is 2.50 bits per heavy atom. The highest BCUT2D eigenvalue weighted by Gasteiger charge is 2.33. The predicted octanol–water partition coefficient (Wildman–Crippen LogP) is 3.76. The van der Waals surface area contributed by atoms with Crippen LogP contribution in [-0.4, -0.2) is 15.9 Å². The van der Waals surface area contributed by atoms with E-state index in [1.54, 1.807) is 47.3 Å². The first kappa shape index (κ1) is 21.7. The van der Waals surface area contributed by atoms with E-state index in [2.05, 4.69) is 5.32 Å². The molecule has 0 fully saturated rings. The van der Waals surface area contributed by atoms with Crippen molar-refractivity contribution >= 4 is 23.0 Å². The summed E-state index contributed by atoms with van der Waals surface area (Å²) < 4.78 is 14.9. The molecule has 2 aromatic carbocycles. The minimum absolute atomic E-state index is 0.138. The number of aryl methyl sites for hydroxylation is 2. The van der Waals surface area contributed by atoms with Gasteiger partial charge in [-0.25, -0.2) is 4.39 Å². The number of nitrogens with one attached hydrogen (secondary N) is 1. The van der Waals surface area contributed by atoms with Crippen molar-refractivity contribution in [1.82, 2.24) is 5.32 Å². The number of aliphatic hydroxyl groups excluding tert-OH is 1. The van der Waals surface area contributed by atoms with Crippen LogP contribution < -0.4 is 9.88 Å². The Morgan fingerprint density at radius 1 is 1.10 bits per heavy atom. The number of pyridine rings is 1. The maximum Gasteiger partial charge on any atom is 0.270 e. The fraction of sp³-hybridized carbons (Fsp3) is 0.208. The molecule has 2 N–H and O–H groups in total. The molecule has 0 saturated carbocycles. The smallest absolute Gasteiger partial charge is 0.270 e. The molecule has 0 spiro atoms. The van der Waals surface area contributed by atoms with Gasteiger partial charge in [-0.2, -0.15) is 4.57 Å². The number of aromatic nitrogens is 1. The van der Waals surface area contributed by atoms with Crippen molar-refractivity contribution < 1.29 is 18.9 Å². The molecule has 0 radical (unpaired) electrons. The lowest BCUT2D eigenvalue weighted by atomic mass is 9.99. The number of hydrogen-bond acceptors (Lipinski definition) is 3. The van der Waals surface area contributed by atoms with Crippen LogP contribution in [0.3, 0.4) is 0 Å². The SMILES string of the molecule is Cc1ccc(C(=O)[C@H](C(=S)NCc2ccc(F)cc2)[n+]2cccc(CO)c2)cc1C. The molecule has 0 aliphatic rings. The van der Waals surface area contributed by atoms with Crippen molar-refractivity contribution in [2.75, 3.05) is 0 Å². The standard InChI is InChI=1S/C24H23FN2O2S/c1-16-5-8-20(12-17(16)2)23(29)22(27-11-3-4-19(14-27)15-28)24(30)26-13-18-6-9-21(25)10-7-18/h3-12,14,22,28H,13,15H2,1-2H3/p+1/t22-/m1/s1. The maximum atomic E-state index is 13.4. The Hall–Kier alpha value is -2.96. The Bertz CT molecular complexity index is 1070. The molecule has 3 rings (SSSR count). The van der Waals surface area contributed by atoms with Gasteiger partial charge in [0, 0.05) is 23.7 Å². The topological polar surface area (TPSA) is 53.2 Å². The van der Waals surface area contributed by atoms with E-state index < -0.39 is 6.04 Å². The first-order valence-corrected chi connectivity index (χ1v) is 10.0. The van der Waals surface area contributed by atoms with Crippen molar-refractivity contribution in [3.8, 4) is 0 Å². The summed E-state index contributed by atoms with van der Waals surface area (Å²) in [5, 5.41) is 12.6. The molecule has 4 nitrogen and oxygen atoms in total. The van der Waals surface area contributed by atoms with Crippen molar-refractivity contribution in [3.05, 3.63) is 101 Å². The average Bonchev–Trinajstić information content (AvgIpc) is 2.75. The molecule has 3 aromatic rings. The van der Waals surface area contributed by atoms with Gasteiger partial charge in [-0.3, -0.25) is 4.79 Å². The molecule has 1 aromatic heterocycles. The van der Waals surface area contributed by atoms with E-state index in [1.165, 1.54) is 12.1 Å². The fourth-order valence-corrected chi connectivity index (χ4v) is 3.43. The number of rotatable bonds is 7. The van der Waals surface area contributed by atoms with E-state index in [0.717, 1.165) is 16.7 Å². The first-order chi connectivity index (χ1) is 14.4. The van der Waals surface area contributed by atoms with Gasteiger partial charge in [0.1, 0.15) is 5.82 Å². The van der Waals surface area contributed by atoms with Crippen LogP contribution in [0.5, 0.6) is 0 Å². The van der Waals surface area contributed by atoms with Gasteiger partial charge in [0.25, 0.3) is 6.04 Å². The second-order valence-corrected chi connectivity index (χ2v) is 7.67. The van der Waals surface area contributed by atoms with E-state index in [-0.39, 0.29) is 18.2 Å². The van der Waals surface area contributed by atoms with E-state index in [0.29, 0.717) is 22.7 Å². The summed E-state index contributed by atoms with van der Waals surface area (Å²) in [6.07, 6.45) is 3.48. The molecule has 154 valence electrons. The van der Waals surface area contributed by atoms with E-state index in [9.17, 15) is 14.3 Å². The second kappa shape index (κ2) is 9.69. The predicted molar refractivity (Wildman–Crippen MR) is 118 cm³/mol. The molecular formula is C24H24FN2O2S+. The van der Waals surface area contributed by atoms with Gasteiger partial charge in [-0.05, 0) is 54.8 Å². The molecular weight excluding hydrogens is 399 g/mol. The number of hydrogen-bond donors (Lipinski definition) is 2. The number of thiocarbonyl (C=S) groups is 1. The molecule has 0 unspecified atom stereocenters. The summed E-state index contributed by atoms with van der Waals surface area (Å²) in [5.41, 5.74) is 4.23. The Kier molecular flexibility index (Phi) is 7.03. The van der Waals surface area contributed by atoms with Crippen LogP contribution in [0, 0.1) is 19.7 Å². The van der Waals surface area contributed by atoms with Crippen LogP contribution >= 0.6 is 12.2 Å². The molecule has 30 heavy (non-hydrogen) atoms. The molecule has 0 amide bonds. The van der Waals surface area contributed by atoms with Crippen molar-refractivity contribution in [2.45, 2.75) is 33.0 Å². The third-order valence-corrected chi connectivity index (χ3v) is 5.40. The number of Topliss-reactive ketones (excluding diaryl/α,β-unsaturated/α-hetero) is 1. The number of carbonyl (C=O) groups excluding carboxylic acids is 1. The summed E-state index contributed by atoms with van der Waals surface area (Å²) in [4.78, 5) is 13.8. The van der Waals surface area contributed by atoms with Gasteiger partial charge >= 0.3 is 0 Å². The summed E-state index contributed by atoms with van der Waals surface area (Å²) in [7, 11) is 0. The van der Waals surface area contributed by atoms with Crippen LogP contribution in [0.2, 0.25) is 0 Å². The Labute approximate surface area is 181 Å². The maximum absolute atomic E-state index is 13.4. The zero-order valence-electron chi connectivity index (χ0n) is 16.9. The largest absolute Gasteiger partial charge is 0.391 e.